The molecule has 0 radical (unpaired) electrons. The Morgan fingerprint density at radius 1 is 0.527 bits per heavy atom. The van der Waals surface area contributed by atoms with Gasteiger partial charge in [-0.1, -0.05) is 106 Å². The second-order valence-corrected chi connectivity index (χ2v) is 29.7. The van der Waals surface area contributed by atoms with Gasteiger partial charge in [0.1, 0.15) is 88.6 Å². The molecule has 584 valence electrons. The number of benzene rings is 7. The molecule has 0 aliphatic carbocycles. The maximum atomic E-state index is 16.2. The number of aliphatic hydroxyl groups excluding tert-OH is 1. The number of amides is 7. The van der Waals surface area contributed by atoms with Crippen LogP contribution >= 0.6 is 23.2 Å². The summed E-state index contributed by atoms with van der Waals surface area (Å²) in [5, 5.41) is 106. The number of fused-ring (bicyclic) bond motifs is 14. The number of aliphatic hydroxyl groups is 1. The van der Waals surface area contributed by atoms with E-state index in [-0.39, 0.29) is 103 Å². The van der Waals surface area contributed by atoms with E-state index in [2.05, 4.69) is 63.6 Å². The smallest absolute Gasteiger partial charge is 0.248 e. The summed E-state index contributed by atoms with van der Waals surface area (Å²) >= 11 is 14.0. The molecule has 110 heavy (non-hydrogen) atoms. The Bertz CT molecular complexity index is 4620. The number of unbranched alkanes of at least 4 members (excludes halogenated alkanes) is 10. The molecule has 30 heteroatoms. The molecule has 0 unspecified atom stereocenters. The van der Waals surface area contributed by atoms with Gasteiger partial charge in [0, 0.05) is 49.7 Å². The third-order valence-corrected chi connectivity index (χ3v) is 20.8. The van der Waals surface area contributed by atoms with Gasteiger partial charge in [-0.25, -0.2) is 0 Å². The summed E-state index contributed by atoms with van der Waals surface area (Å²) in [6.07, 6.45) is 10.4. The average molecular weight is 1550 g/mol. The molecule has 8 atom stereocenters. The minimum atomic E-state index is -2.17. The number of rotatable bonds is 22. The van der Waals surface area contributed by atoms with Crippen LogP contribution in [-0.4, -0.2) is 140 Å². The molecule has 6 heterocycles. The van der Waals surface area contributed by atoms with Crippen molar-refractivity contribution in [3.8, 4) is 80.1 Å². The van der Waals surface area contributed by atoms with Crippen molar-refractivity contribution in [2.45, 2.75) is 152 Å². The maximum absolute atomic E-state index is 16.2. The number of carbonyl (C=O) groups is 7. The van der Waals surface area contributed by atoms with Crippen molar-refractivity contribution in [3.63, 3.8) is 0 Å². The zero-order chi connectivity index (χ0) is 78.7. The van der Waals surface area contributed by atoms with Gasteiger partial charge in [0.2, 0.25) is 47.1 Å². The summed E-state index contributed by atoms with van der Waals surface area (Å²) in [5.41, 5.74) is 10.8. The lowest BCUT2D eigenvalue weighted by Crippen LogP contribution is -2.56. The van der Waals surface area contributed by atoms with Gasteiger partial charge in [0.25, 0.3) is 0 Å². The molecule has 17 bridgehead atoms. The highest BCUT2D eigenvalue weighted by Gasteiger charge is 2.42. The van der Waals surface area contributed by atoms with Crippen molar-refractivity contribution < 1.29 is 88.0 Å². The molecular weight excluding hydrogens is 1460 g/mol. The molecule has 28 nitrogen and oxygen atoms in total. The maximum Gasteiger partial charge on any atom is 0.248 e. The molecule has 0 aromatic heterocycles. The number of nitrogens with one attached hydrogen (secondary N) is 8. The minimum Gasteiger partial charge on any atom is -0.508 e. The van der Waals surface area contributed by atoms with Gasteiger partial charge in [-0.05, 0) is 150 Å². The first-order valence-corrected chi connectivity index (χ1v) is 37.8. The van der Waals surface area contributed by atoms with E-state index in [0.29, 0.717) is 37.9 Å². The Morgan fingerprint density at radius 3 is 1.81 bits per heavy atom. The van der Waals surface area contributed by atoms with E-state index in [1.54, 1.807) is 0 Å². The zero-order valence-electron chi connectivity index (χ0n) is 61.2. The highest BCUT2D eigenvalue weighted by atomic mass is 35.5. The Balaban J connectivity index is 1.05. The molecule has 19 N–H and O–H groups in total. The molecule has 0 saturated heterocycles. The van der Waals surface area contributed by atoms with Crippen LogP contribution in [0.25, 0.3) is 11.1 Å². The molecule has 13 rings (SSSR count). The Hall–Kier alpha value is -10.6. The first kappa shape index (κ1) is 80.4. The quantitative estimate of drug-likeness (QED) is 0.0222. The molecule has 0 fully saturated rings. The number of quaternary nitrogens is 1. The van der Waals surface area contributed by atoms with E-state index < -0.39 is 136 Å². The first-order chi connectivity index (χ1) is 52.7. The largest absolute Gasteiger partial charge is 0.508 e. The van der Waals surface area contributed by atoms with E-state index in [9.17, 15) is 40.5 Å². The van der Waals surface area contributed by atoms with Crippen molar-refractivity contribution in [2.75, 3.05) is 46.8 Å². The number of nitrogens with zero attached hydrogens (tertiary/aromatic N) is 1. The van der Waals surface area contributed by atoms with Crippen LogP contribution in [0.5, 0.6) is 69.0 Å². The topological polar surface area (TPSA) is 437 Å². The van der Waals surface area contributed by atoms with Gasteiger partial charge in [-0.3, -0.25) is 33.6 Å². The molecular formula is C80H94Cl2N11O17+. The zero-order valence-corrected chi connectivity index (χ0v) is 62.7. The summed E-state index contributed by atoms with van der Waals surface area (Å²) in [7, 11) is 4.34. The van der Waals surface area contributed by atoms with E-state index in [1.165, 1.54) is 111 Å². The second kappa shape index (κ2) is 35.8. The molecule has 6 aliphatic rings. The second-order valence-electron chi connectivity index (χ2n) is 28.9. The molecule has 6 aliphatic heterocycles. The average Bonchev–Trinajstić information content (AvgIpc) is 0.756. The number of nitrogens with two attached hydrogens (primary N) is 2. The third kappa shape index (κ3) is 19.2. The summed E-state index contributed by atoms with van der Waals surface area (Å²) in [4.78, 5) is 108. The van der Waals surface area contributed by atoms with Crippen LogP contribution in [0.15, 0.2) is 109 Å². The standard InChI is InChI=1S/C80H93Cl2N11O17/c1-4-5-6-7-8-9-12-15-28-93(2,3)29-16-26-85-41-52-58(97)40-51-64(72(52)99)50-34-44(19-21-56(50)95)66-77(104)92-70(80(107)91-69(51)76(103)86-27-14-11-10-13-25-83)71(98)45-20-24-60(54(82)35-45)110-63-38-47-37-62(73(63)100)109-59-23-17-42(30-53(59)81)31-55-74(101)88-67(78(105)90-68(47)79(106)89-66)46-32-48(94)39-49(33-46)108-61-36-43(18-22-57(61)96)65(84)75(102)87-55/h17-24,30,32-40,55,65-71,85,98H,4-16,25-29,31,41,83-84H2,1-3H3,(H12-,86,87,88,89,90,91,92,94,95,96,97,99,100,101,102,103,104,105,106,107)/p+1/t55-,65+,66-,67+,68-,69+,70+,71-/m1/s1. The van der Waals surface area contributed by atoms with Crippen LogP contribution in [0.4, 0.5) is 0 Å². The summed E-state index contributed by atoms with van der Waals surface area (Å²) < 4.78 is 19.5. The number of phenols is 6. The van der Waals surface area contributed by atoms with E-state index in [1.807, 2.05) is 0 Å². The Labute approximate surface area is 645 Å². The fourth-order valence-electron chi connectivity index (χ4n) is 14.1. The fourth-order valence-corrected chi connectivity index (χ4v) is 14.5. The molecule has 7 amide bonds. The van der Waals surface area contributed by atoms with Crippen LogP contribution in [0, 0.1) is 0 Å². The molecule has 7 aromatic carbocycles. The first-order valence-electron chi connectivity index (χ1n) is 37.0. The number of halogens is 2. The van der Waals surface area contributed by atoms with Crippen LogP contribution in [0.1, 0.15) is 171 Å². The van der Waals surface area contributed by atoms with Gasteiger partial charge in [0.15, 0.2) is 23.0 Å². The van der Waals surface area contributed by atoms with Gasteiger partial charge in [-0.2, -0.15) is 0 Å². The van der Waals surface area contributed by atoms with Crippen LogP contribution < -0.4 is 68.2 Å². The number of hydrogen-bond acceptors (Lipinski definition) is 20. The minimum absolute atomic E-state index is 0.0646. The van der Waals surface area contributed by atoms with Gasteiger partial charge >= 0.3 is 0 Å². The fraction of sp³-hybridized carbons (Fsp3) is 0.388. The normalized spacial score (nSPS) is 19.9. The molecule has 0 saturated carbocycles. The molecule has 7 aromatic rings. The Kier molecular flexibility index (Phi) is 26.2. The third-order valence-electron chi connectivity index (χ3n) is 20.2. The predicted octanol–water partition coefficient (Wildman–Crippen LogP) is 9.23. The number of ether oxygens (including phenoxy) is 3. The lowest BCUT2D eigenvalue weighted by Gasteiger charge is -2.32. The highest BCUT2D eigenvalue weighted by Crippen LogP contribution is 2.49. The van der Waals surface area contributed by atoms with Gasteiger partial charge in [0.05, 0.1) is 42.8 Å². The SMILES string of the molecule is CCCCCCCCCC[N+](C)(C)CCCNCc1c(O)cc2c(c1O)-c1cc(ccc1O)[C@H]1NC(=O)[C@@H]3NC(=O)[C@H]4NC(=O)[C@@H](Cc5ccc(c(Cl)c5)Oc5cc3cc(c5O)Oc3ccc(cc3Cl)[C@@H](O)[C@H](NC1=O)C(=O)N[C@@H]2C(=O)NCCCCCCN)NC(=O)[C@@H](N)c1ccc(O)c(c1)Oc1cc(O)cc4c1. The van der Waals surface area contributed by atoms with Crippen LogP contribution in [0.3, 0.4) is 0 Å². The Morgan fingerprint density at radius 2 is 1.12 bits per heavy atom. The number of phenolic OH excluding ortho intramolecular Hbond substituents is 6. The number of carbonyl (C=O) groups excluding carboxylic acids is 7. The van der Waals surface area contributed by atoms with Crippen LogP contribution in [0.2, 0.25) is 10.0 Å². The van der Waals surface area contributed by atoms with E-state index >= 15 is 28.8 Å². The van der Waals surface area contributed by atoms with Crippen molar-refractivity contribution in [1.29, 1.82) is 0 Å². The summed E-state index contributed by atoms with van der Waals surface area (Å²) in [6.45, 7) is 4.73. The van der Waals surface area contributed by atoms with E-state index in [0.717, 1.165) is 79.7 Å². The van der Waals surface area contributed by atoms with E-state index in [4.69, 9.17) is 48.9 Å². The van der Waals surface area contributed by atoms with Crippen molar-refractivity contribution >= 4 is 64.6 Å². The van der Waals surface area contributed by atoms with Crippen molar-refractivity contribution in [3.05, 3.63) is 164 Å². The lowest BCUT2D eigenvalue weighted by atomic mass is 9.87. The summed E-state index contributed by atoms with van der Waals surface area (Å²) in [6, 6.07) is 8.83. The lowest BCUT2D eigenvalue weighted by molar-refractivity contribution is -0.890. The predicted molar refractivity (Wildman–Crippen MR) is 409 cm³/mol. The monoisotopic (exact) mass is 1550 g/mol. The highest BCUT2D eigenvalue weighted by molar-refractivity contribution is 6.32. The van der Waals surface area contributed by atoms with Crippen LogP contribution in [-0.2, 0) is 46.5 Å². The number of hydrogen-bond donors (Lipinski definition) is 17. The summed E-state index contributed by atoms with van der Waals surface area (Å²) in [5.74, 6) is -13.2. The van der Waals surface area contributed by atoms with Gasteiger partial charge < -0.3 is 108 Å². The van der Waals surface area contributed by atoms with Crippen molar-refractivity contribution in [2.24, 2.45) is 11.5 Å². The molecule has 0 spiro atoms. The van der Waals surface area contributed by atoms with Gasteiger partial charge in [-0.15, -0.1) is 0 Å². The van der Waals surface area contributed by atoms with Crippen molar-refractivity contribution in [1.82, 2.24) is 42.5 Å². The number of aromatic hydroxyl groups is 6.